The second-order valence-electron chi connectivity index (χ2n) is 7.67. The van der Waals surface area contributed by atoms with E-state index < -0.39 is 0 Å². The highest BCUT2D eigenvalue weighted by atomic mass is 16.5. The Morgan fingerprint density at radius 1 is 1.24 bits per heavy atom. The molecule has 1 aliphatic rings. The van der Waals surface area contributed by atoms with Crippen LogP contribution in [0.1, 0.15) is 18.9 Å². The molecule has 0 amide bonds. The zero-order valence-electron chi connectivity index (χ0n) is 19.5. The van der Waals surface area contributed by atoms with Gasteiger partial charge in [-0.2, -0.15) is 5.10 Å². The molecule has 0 aliphatic carbocycles. The first-order valence-electron chi connectivity index (χ1n) is 11.1. The minimum Gasteiger partial charge on any atom is -0.493 e. The van der Waals surface area contributed by atoms with Crippen molar-refractivity contribution >= 4 is 17.5 Å². The smallest absolute Gasteiger partial charge is 0.290 e. The van der Waals surface area contributed by atoms with Crippen molar-refractivity contribution in [2.24, 2.45) is 0 Å². The molecule has 0 bridgehead atoms. The van der Waals surface area contributed by atoms with Crippen molar-refractivity contribution in [1.29, 1.82) is 0 Å². The van der Waals surface area contributed by atoms with Gasteiger partial charge in [0.05, 0.1) is 37.7 Å². The van der Waals surface area contributed by atoms with Crippen LogP contribution in [0.15, 0.2) is 30.5 Å². The molecular weight excluding hydrogens is 424 g/mol. The first-order chi connectivity index (χ1) is 16.1. The van der Waals surface area contributed by atoms with Gasteiger partial charge in [-0.05, 0) is 37.1 Å². The maximum absolute atomic E-state index is 8.36. The van der Waals surface area contributed by atoms with Crippen LogP contribution >= 0.6 is 0 Å². The van der Waals surface area contributed by atoms with Crippen molar-refractivity contribution in [2.75, 3.05) is 46.6 Å². The Morgan fingerprint density at radius 3 is 2.70 bits per heavy atom. The van der Waals surface area contributed by atoms with Crippen molar-refractivity contribution in [3.05, 3.63) is 36.0 Å². The minimum atomic E-state index is -0.250. The number of hydrogen-bond donors (Lipinski definition) is 1. The van der Waals surface area contributed by atoms with Gasteiger partial charge in [-0.1, -0.05) is 13.0 Å². The monoisotopic (exact) mass is 456 g/mol. The summed E-state index contributed by atoms with van der Waals surface area (Å²) in [4.78, 5) is 15.6. The number of aromatic nitrogens is 3. The maximum Gasteiger partial charge on any atom is 0.290 e. The number of para-hydroxylation sites is 1. The van der Waals surface area contributed by atoms with E-state index in [1.54, 1.807) is 7.11 Å². The Labute approximate surface area is 193 Å². The fraction of sp³-hybridized carbons (Fsp3) is 0.458. The standard InChI is InChI=1S/C23H30N4O3.CH2O2/c1-4-8-27-22-17(2)15-19(25-20(22)16-24-27)18-6-5-7-21(28-3)23(18)30-14-11-26-9-12-29-13-10-26;2-1-3/h5-7,15-16H,4,8-14H2,1-3H3;1H,(H,2,3). The van der Waals surface area contributed by atoms with Gasteiger partial charge in [-0.25, -0.2) is 4.98 Å². The Bertz CT molecular complexity index is 1050. The summed E-state index contributed by atoms with van der Waals surface area (Å²) >= 11 is 0. The molecule has 1 aromatic carbocycles. The molecule has 0 atom stereocenters. The average Bonchev–Trinajstić information content (AvgIpc) is 3.24. The van der Waals surface area contributed by atoms with Gasteiger partial charge in [0, 0.05) is 31.7 Å². The number of fused-ring (bicyclic) bond motifs is 1. The van der Waals surface area contributed by atoms with E-state index in [2.05, 4.69) is 29.9 Å². The minimum absolute atomic E-state index is 0.250. The van der Waals surface area contributed by atoms with Gasteiger partial charge in [0.2, 0.25) is 0 Å². The number of aryl methyl sites for hydroxylation is 2. The molecule has 3 aromatic rings. The third-order valence-corrected chi connectivity index (χ3v) is 5.46. The summed E-state index contributed by atoms with van der Waals surface area (Å²) in [6.07, 6.45) is 2.88. The SMILES string of the molecule is CCCn1ncc2nc(-c3cccc(OC)c3OCCN3CCOCC3)cc(C)c21.O=CO. The number of nitrogens with zero attached hydrogens (tertiary/aromatic N) is 4. The molecule has 0 unspecified atom stereocenters. The quantitative estimate of drug-likeness (QED) is 0.516. The molecule has 0 saturated carbocycles. The number of methoxy groups -OCH3 is 1. The summed E-state index contributed by atoms with van der Waals surface area (Å²) in [5.41, 5.74) is 4.96. The molecule has 1 aliphatic heterocycles. The summed E-state index contributed by atoms with van der Waals surface area (Å²) in [5.74, 6) is 1.45. The highest BCUT2D eigenvalue weighted by Gasteiger charge is 2.17. The number of pyridine rings is 1. The second-order valence-corrected chi connectivity index (χ2v) is 7.67. The normalized spacial score (nSPS) is 13.9. The number of hydrogen-bond acceptors (Lipinski definition) is 7. The second kappa shape index (κ2) is 12.2. The number of benzene rings is 1. The number of ether oxygens (including phenoxy) is 3. The predicted molar refractivity (Wildman–Crippen MR) is 126 cm³/mol. The molecule has 33 heavy (non-hydrogen) atoms. The molecule has 2 aromatic heterocycles. The summed E-state index contributed by atoms with van der Waals surface area (Å²) in [5, 5.41) is 11.4. The van der Waals surface area contributed by atoms with Crippen LogP contribution in [0.2, 0.25) is 0 Å². The van der Waals surface area contributed by atoms with E-state index >= 15 is 0 Å². The van der Waals surface area contributed by atoms with Crippen LogP contribution in [0, 0.1) is 6.92 Å². The number of carbonyl (C=O) groups is 1. The topological polar surface area (TPSA) is 98.9 Å². The zero-order chi connectivity index (χ0) is 23.6. The molecule has 1 N–H and O–H groups in total. The first-order valence-corrected chi connectivity index (χ1v) is 11.1. The van der Waals surface area contributed by atoms with Gasteiger partial charge in [0.1, 0.15) is 12.1 Å². The molecule has 3 heterocycles. The fourth-order valence-electron chi connectivity index (χ4n) is 3.95. The van der Waals surface area contributed by atoms with E-state index in [0.29, 0.717) is 6.61 Å². The van der Waals surface area contributed by atoms with E-state index in [0.717, 1.165) is 85.2 Å². The molecule has 1 saturated heterocycles. The van der Waals surface area contributed by atoms with Crippen LogP contribution < -0.4 is 9.47 Å². The number of carboxylic acid groups (broad SMARTS) is 1. The highest BCUT2D eigenvalue weighted by Crippen LogP contribution is 2.38. The molecule has 1 fully saturated rings. The first kappa shape index (κ1) is 24.5. The summed E-state index contributed by atoms with van der Waals surface area (Å²) in [6, 6.07) is 8.05. The fourth-order valence-corrected chi connectivity index (χ4v) is 3.95. The average molecular weight is 457 g/mol. The number of morpholine rings is 1. The van der Waals surface area contributed by atoms with E-state index in [9.17, 15) is 0 Å². The van der Waals surface area contributed by atoms with Crippen LogP contribution in [-0.2, 0) is 16.1 Å². The Morgan fingerprint density at radius 2 is 2.00 bits per heavy atom. The Balaban J connectivity index is 0.000000968. The van der Waals surface area contributed by atoms with Crippen LogP contribution in [0.5, 0.6) is 11.5 Å². The van der Waals surface area contributed by atoms with Gasteiger partial charge >= 0.3 is 0 Å². The third-order valence-electron chi connectivity index (χ3n) is 5.46. The molecule has 9 nitrogen and oxygen atoms in total. The Hall–Kier alpha value is -3.17. The van der Waals surface area contributed by atoms with E-state index in [1.807, 2.05) is 29.1 Å². The van der Waals surface area contributed by atoms with Crippen molar-refractivity contribution in [3.63, 3.8) is 0 Å². The maximum atomic E-state index is 8.36. The lowest BCUT2D eigenvalue weighted by Crippen LogP contribution is -2.38. The molecule has 4 rings (SSSR count). The summed E-state index contributed by atoms with van der Waals surface area (Å²) < 4.78 is 19.3. The zero-order valence-corrected chi connectivity index (χ0v) is 19.5. The molecule has 0 radical (unpaired) electrons. The predicted octanol–water partition coefficient (Wildman–Crippen LogP) is 3.24. The van der Waals surface area contributed by atoms with E-state index in [4.69, 9.17) is 29.1 Å². The molecule has 9 heteroatoms. The van der Waals surface area contributed by atoms with Gasteiger partial charge in [-0.3, -0.25) is 14.4 Å². The van der Waals surface area contributed by atoms with Crippen LogP contribution in [-0.4, -0.2) is 77.8 Å². The lowest BCUT2D eigenvalue weighted by atomic mass is 10.1. The highest BCUT2D eigenvalue weighted by molar-refractivity contribution is 5.83. The molecule has 178 valence electrons. The van der Waals surface area contributed by atoms with Gasteiger partial charge in [-0.15, -0.1) is 0 Å². The van der Waals surface area contributed by atoms with Crippen LogP contribution in [0.4, 0.5) is 0 Å². The largest absolute Gasteiger partial charge is 0.493 e. The van der Waals surface area contributed by atoms with Crippen LogP contribution in [0.3, 0.4) is 0 Å². The van der Waals surface area contributed by atoms with E-state index in [-0.39, 0.29) is 6.47 Å². The molecular formula is C24H32N4O5. The van der Waals surface area contributed by atoms with Crippen molar-refractivity contribution < 1.29 is 24.1 Å². The van der Waals surface area contributed by atoms with Crippen molar-refractivity contribution in [3.8, 4) is 22.8 Å². The number of rotatable bonds is 8. The van der Waals surface area contributed by atoms with Crippen LogP contribution in [0.25, 0.3) is 22.3 Å². The van der Waals surface area contributed by atoms with Gasteiger partial charge < -0.3 is 19.3 Å². The lowest BCUT2D eigenvalue weighted by molar-refractivity contribution is -0.122. The van der Waals surface area contributed by atoms with E-state index in [1.165, 1.54) is 0 Å². The summed E-state index contributed by atoms with van der Waals surface area (Å²) in [7, 11) is 1.67. The lowest BCUT2D eigenvalue weighted by Gasteiger charge is -2.26. The van der Waals surface area contributed by atoms with Gasteiger partial charge in [0.15, 0.2) is 11.5 Å². The molecule has 0 spiro atoms. The summed E-state index contributed by atoms with van der Waals surface area (Å²) in [6.45, 7) is 9.81. The third kappa shape index (κ3) is 6.00. The van der Waals surface area contributed by atoms with Crippen molar-refractivity contribution in [1.82, 2.24) is 19.7 Å². The Kier molecular flexibility index (Phi) is 9.03. The van der Waals surface area contributed by atoms with Gasteiger partial charge in [0.25, 0.3) is 6.47 Å². The van der Waals surface area contributed by atoms with Crippen molar-refractivity contribution in [2.45, 2.75) is 26.8 Å².